The van der Waals surface area contributed by atoms with E-state index in [1.807, 2.05) is 12.4 Å². The topological polar surface area (TPSA) is 16.1 Å². The van der Waals surface area contributed by atoms with Crippen molar-refractivity contribution < 1.29 is 0 Å². The molecule has 0 N–H and O–H groups in total. The van der Waals surface area contributed by atoms with Crippen LogP contribution >= 0.6 is 0 Å². The summed E-state index contributed by atoms with van der Waals surface area (Å²) in [5.41, 5.74) is 21.1. The van der Waals surface area contributed by atoms with Crippen LogP contribution in [-0.2, 0) is 25.7 Å². The minimum absolute atomic E-state index is 0.982. The lowest BCUT2D eigenvalue weighted by molar-refractivity contribution is 0.999. The van der Waals surface area contributed by atoms with Gasteiger partial charge in [-0.15, -0.1) is 0 Å². The van der Waals surface area contributed by atoms with Gasteiger partial charge in [0.2, 0.25) is 0 Å². The predicted octanol–water partition coefficient (Wildman–Crippen LogP) is 7.50. The highest BCUT2D eigenvalue weighted by atomic mass is 15.2. The van der Waals surface area contributed by atoms with Gasteiger partial charge >= 0.3 is 0 Å². The van der Waals surface area contributed by atoms with Gasteiger partial charge in [-0.25, -0.2) is 0 Å². The number of hydrogen-bond donors (Lipinski definition) is 0. The summed E-state index contributed by atoms with van der Waals surface area (Å²) < 4.78 is 0. The molecule has 35 heavy (non-hydrogen) atoms. The summed E-state index contributed by atoms with van der Waals surface area (Å²) in [7, 11) is 0. The Kier molecular flexibility index (Phi) is 3.27. The summed E-state index contributed by atoms with van der Waals surface area (Å²) in [6, 6.07) is 27.8. The van der Waals surface area contributed by atoms with Gasteiger partial charge in [-0.3, -0.25) is 4.98 Å². The Morgan fingerprint density at radius 3 is 2.09 bits per heavy atom. The van der Waals surface area contributed by atoms with E-state index in [-0.39, 0.29) is 0 Å². The molecule has 4 aromatic carbocycles. The number of fused-ring (bicyclic) bond motifs is 10. The lowest BCUT2D eigenvalue weighted by atomic mass is 9.85. The molecular weight excluding hydrogens is 424 g/mol. The molecule has 0 saturated heterocycles. The summed E-state index contributed by atoms with van der Waals surface area (Å²) in [4.78, 5) is 7.01. The first-order chi connectivity index (χ1) is 17.3. The number of para-hydroxylation sites is 1. The van der Waals surface area contributed by atoms with Crippen LogP contribution in [0.2, 0.25) is 0 Å². The van der Waals surface area contributed by atoms with Gasteiger partial charge in [0, 0.05) is 19.0 Å². The number of hydrogen-bond acceptors (Lipinski definition) is 2. The van der Waals surface area contributed by atoms with E-state index in [9.17, 15) is 0 Å². The monoisotopic (exact) mass is 446 g/mol. The Hall–Kier alpha value is -4.17. The van der Waals surface area contributed by atoms with Crippen LogP contribution in [0, 0.1) is 0 Å². The third-order valence-electron chi connectivity index (χ3n) is 8.55. The van der Waals surface area contributed by atoms with Crippen molar-refractivity contribution >= 4 is 17.1 Å². The van der Waals surface area contributed by atoms with Gasteiger partial charge in [-0.1, -0.05) is 48.5 Å². The Labute approximate surface area is 204 Å². The third kappa shape index (κ3) is 2.32. The lowest BCUT2D eigenvalue weighted by Gasteiger charge is -2.39. The predicted molar refractivity (Wildman–Crippen MR) is 141 cm³/mol. The molecular formula is C33H22N2. The molecule has 1 aromatic heterocycles. The second-order valence-electron chi connectivity index (χ2n) is 10.4. The van der Waals surface area contributed by atoms with E-state index in [2.05, 4.69) is 82.7 Å². The zero-order valence-electron chi connectivity index (χ0n) is 19.3. The maximum Gasteiger partial charge on any atom is 0.0680 e. The van der Waals surface area contributed by atoms with Gasteiger partial charge in [0.1, 0.15) is 0 Å². The van der Waals surface area contributed by atoms with Crippen LogP contribution < -0.4 is 4.90 Å². The molecule has 0 unspecified atom stereocenters. The summed E-state index contributed by atoms with van der Waals surface area (Å²) in [5.74, 6) is 0. The molecule has 0 bridgehead atoms. The molecule has 5 aromatic rings. The highest BCUT2D eigenvalue weighted by Crippen LogP contribution is 2.53. The van der Waals surface area contributed by atoms with Gasteiger partial charge in [0.25, 0.3) is 0 Å². The van der Waals surface area contributed by atoms with E-state index in [1.165, 1.54) is 83.8 Å². The number of nitrogens with zero attached hydrogens (tertiary/aromatic N) is 2. The second kappa shape index (κ2) is 6.28. The Balaban J connectivity index is 1.25. The molecule has 3 heterocycles. The van der Waals surface area contributed by atoms with Gasteiger partial charge in [0.15, 0.2) is 0 Å². The van der Waals surface area contributed by atoms with Crippen LogP contribution in [-0.4, -0.2) is 4.98 Å². The molecule has 0 fully saturated rings. The molecule has 164 valence electrons. The van der Waals surface area contributed by atoms with Crippen LogP contribution in [0.3, 0.4) is 0 Å². The van der Waals surface area contributed by atoms with Crippen LogP contribution in [0.25, 0.3) is 22.3 Å². The highest BCUT2D eigenvalue weighted by molar-refractivity contribution is 5.93. The van der Waals surface area contributed by atoms with E-state index in [0.717, 1.165) is 25.7 Å². The lowest BCUT2D eigenvalue weighted by Crippen LogP contribution is -2.25. The average Bonchev–Trinajstić information content (AvgIpc) is 3.42. The van der Waals surface area contributed by atoms with Crippen molar-refractivity contribution in [2.75, 3.05) is 4.90 Å². The first-order valence-electron chi connectivity index (χ1n) is 12.6. The molecule has 2 nitrogen and oxygen atoms in total. The number of rotatable bonds is 0. The molecule has 0 amide bonds. The third-order valence-corrected chi connectivity index (χ3v) is 8.55. The minimum Gasteiger partial charge on any atom is -0.308 e. The van der Waals surface area contributed by atoms with Crippen LogP contribution in [0.4, 0.5) is 17.1 Å². The maximum atomic E-state index is 4.51. The van der Waals surface area contributed by atoms with E-state index >= 15 is 0 Å². The number of benzene rings is 4. The van der Waals surface area contributed by atoms with E-state index in [0.29, 0.717) is 0 Å². The number of pyridine rings is 1. The Bertz CT molecular complexity index is 1760. The Morgan fingerprint density at radius 1 is 0.486 bits per heavy atom. The van der Waals surface area contributed by atoms with Crippen molar-refractivity contribution in [1.82, 2.24) is 4.98 Å². The van der Waals surface area contributed by atoms with Crippen LogP contribution in [0.1, 0.15) is 44.5 Å². The first kappa shape index (κ1) is 18.2. The quantitative estimate of drug-likeness (QED) is 0.240. The fourth-order valence-corrected chi connectivity index (χ4v) is 7.02. The number of aromatic nitrogens is 1. The second-order valence-corrected chi connectivity index (χ2v) is 10.4. The molecule has 0 saturated carbocycles. The smallest absolute Gasteiger partial charge is 0.0680 e. The summed E-state index contributed by atoms with van der Waals surface area (Å²) in [6.45, 7) is 0. The van der Waals surface area contributed by atoms with E-state index < -0.39 is 0 Å². The van der Waals surface area contributed by atoms with Crippen molar-refractivity contribution in [3.05, 3.63) is 130 Å². The first-order valence-corrected chi connectivity index (χ1v) is 12.6. The molecule has 0 radical (unpaired) electrons. The molecule has 9 rings (SSSR count). The maximum absolute atomic E-state index is 4.51. The molecule has 4 aliphatic rings. The number of anilines is 3. The van der Waals surface area contributed by atoms with Crippen molar-refractivity contribution in [2.45, 2.75) is 25.7 Å². The highest BCUT2D eigenvalue weighted by Gasteiger charge is 2.34. The van der Waals surface area contributed by atoms with Gasteiger partial charge in [-0.05, 0) is 104 Å². The van der Waals surface area contributed by atoms with Crippen molar-refractivity contribution in [3.8, 4) is 22.3 Å². The van der Waals surface area contributed by atoms with Crippen molar-refractivity contribution in [1.29, 1.82) is 0 Å². The molecule has 2 aliphatic carbocycles. The Morgan fingerprint density at radius 2 is 1.17 bits per heavy atom. The summed E-state index contributed by atoms with van der Waals surface area (Å²) in [6.07, 6.45) is 8.02. The van der Waals surface area contributed by atoms with Crippen molar-refractivity contribution in [3.63, 3.8) is 0 Å². The molecule has 0 atom stereocenters. The van der Waals surface area contributed by atoms with Crippen LogP contribution in [0.15, 0.2) is 85.2 Å². The molecule has 2 heteroatoms. The van der Waals surface area contributed by atoms with Gasteiger partial charge in [0.05, 0.1) is 23.3 Å². The van der Waals surface area contributed by atoms with E-state index in [1.54, 1.807) is 0 Å². The van der Waals surface area contributed by atoms with Gasteiger partial charge < -0.3 is 4.90 Å². The van der Waals surface area contributed by atoms with E-state index in [4.69, 9.17) is 0 Å². The fourth-order valence-electron chi connectivity index (χ4n) is 7.02. The average molecular weight is 447 g/mol. The minimum atomic E-state index is 0.982. The zero-order valence-corrected chi connectivity index (χ0v) is 19.3. The molecule has 2 aliphatic heterocycles. The standard InChI is InChI=1S/C33H22N2/c1-2-7-27-19(4-1)10-23-13-24-14-25-16-31-26(15-28(25)30(24)17-29(23)27)12-22-6-3-5-21-11-20-8-9-34-18-32(20)35(31)33(21)22/h1-9,13,15-18H,10-12,14H2. The summed E-state index contributed by atoms with van der Waals surface area (Å²) in [5, 5.41) is 0. The summed E-state index contributed by atoms with van der Waals surface area (Å²) >= 11 is 0. The van der Waals surface area contributed by atoms with Crippen molar-refractivity contribution in [2.24, 2.45) is 0 Å². The molecule has 0 spiro atoms. The SMILES string of the molecule is c1ccc2c(c1)Cc1cc3c(cc1-2)-c1cc2c(cc1C3)N1c3cnccc3Cc3cccc(c31)C2. The zero-order chi connectivity index (χ0) is 22.7. The largest absolute Gasteiger partial charge is 0.308 e. The fraction of sp³-hybridized carbons (Fsp3) is 0.121. The van der Waals surface area contributed by atoms with Crippen LogP contribution in [0.5, 0.6) is 0 Å². The normalized spacial score (nSPS) is 14.9. The van der Waals surface area contributed by atoms with Gasteiger partial charge in [-0.2, -0.15) is 0 Å².